The van der Waals surface area contributed by atoms with Gasteiger partial charge in [-0.2, -0.15) is 0 Å². The highest BCUT2D eigenvalue weighted by Gasteiger charge is 2.19. The van der Waals surface area contributed by atoms with Crippen LogP contribution in [0.5, 0.6) is 0 Å². The first-order valence-electron chi connectivity index (χ1n) is 6.12. The standard InChI is InChI=1S/C14H17NO5S/c1-10-6-7-21-11(10)4-5-12(16)15(8-13(17)19-2)9-14(18)20-3/h4-7H,8-9H2,1-3H3. The zero-order chi connectivity index (χ0) is 15.8. The topological polar surface area (TPSA) is 72.9 Å². The number of carbonyl (C=O) groups excluding carboxylic acids is 3. The van der Waals surface area contributed by atoms with Crippen LogP contribution in [0.3, 0.4) is 0 Å². The molecule has 0 aliphatic heterocycles. The lowest BCUT2D eigenvalue weighted by atomic mass is 10.2. The number of aryl methyl sites for hydroxylation is 1. The SMILES string of the molecule is COC(=O)CN(CC(=O)OC)C(=O)C=Cc1sccc1C. The molecule has 0 spiro atoms. The minimum Gasteiger partial charge on any atom is -0.468 e. The maximum absolute atomic E-state index is 12.1. The summed E-state index contributed by atoms with van der Waals surface area (Å²) >= 11 is 1.50. The van der Waals surface area contributed by atoms with Gasteiger partial charge in [0, 0.05) is 11.0 Å². The number of esters is 2. The van der Waals surface area contributed by atoms with Gasteiger partial charge in [-0.3, -0.25) is 14.4 Å². The van der Waals surface area contributed by atoms with Crippen molar-refractivity contribution in [1.82, 2.24) is 4.90 Å². The maximum atomic E-state index is 12.1. The fourth-order valence-electron chi connectivity index (χ4n) is 1.46. The molecule has 0 bridgehead atoms. The molecule has 7 heteroatoms. The maximum Gasteiger partial charge on any atom is 0.325 e. The van der Waals surface area contributed by atoms with Crippen LogP contribution in [0.15, 0.2) is 17.5 Å². The lowest BCUT2D eigenvalue weighted by molar-refractivity contribution is -0.150. The molecule has 0 saturated heterocycles. The van der Waals surface area contributed by atoms with Gasteiger partial charge in [-0.1, -0.05) is 0 Å². The van der Waals surface area contributed by atoms with Gasteiger partial charge in [0.15, 0.2) is 0 Å². The van der Waals surface area contributed by atoms with Crippen LogP contribution >= 0.6 is 11.3 Å². The van der Waals surface area contributed by atoms with Crippen LogP contribution in [-0.4, -0.2) is 50.1 Å². The highest BCUT2D eigenvalue weighted by Crippen LogP contribution is 2.17. The summed E-state index contributed by atoms with van der Waals surface area (Å²) in [6.45, 7) is 1.32. The monoisotopic (exact) mass is 311 g/mol. The minimum atomic E-state index is -0.604. The van der Waals surface area contributed by atoms with E-state index in [0.29, 0.717) is 0 Å². The Hall–Kier alpha value is -2.15. The number of amides is 1. The Morgan fingerprint density at radius 3 is 2.19 bits per heavy atom. The first-order chi connectivity index (χ1) is 9.97. The Balaban J connectivity index is 2.78. The second-order valence-corrected chi connectivity index (χ2v) is 5.10. The zero-order valence-corrected chi connectivity index (χ0v) is 12.9. The Labute approximate surface area is 127 Å². The van der Waals surface area contributed by atoms with Gasteiger partial charge in [-0.05, 0) is 30.0 Å². The van der Waals surface area contributed by atoms with Crippen molar-refractivity contribution in [3.05, 3.63) is 28.0 Å². The van der Waals surface area contributed by atoms with E-state index in [0.717, 1.165) is 15.3 Å². The normalized spacial score (nSPS) is 10.4. The molecule has 1 heterocycles. The van der Waals surface area contributed by atoms with Gasteiger partial charge in [0.25, 0.3) is 0 Å². The number of methoxy groups -OCH3 is 2. The highest BCUT2D eigenvalue weighted by molar-refractivity contribution is 7.11. The Morgan fingerprint density at radius 1 is 1.19 bits per heavy atom. The highest BCUT2D eigenvalue weighted by atomic mass is 32.1. The second kappa shape index (κ2) is 8.21. The number of carbonyl (C=O) groups is 3. The molecular weight excluding hydrogens is 294 g/mol. The van der Waals surface area contributed by atoms with E-state index in [-0.39, 0.29) is 13.1 Å². The third-order valence-electron chi connectivity index (χ3n) is 2.69. The third kappa shape index (κ3) is 5.39. The van der Waals surface area contributed by atoms with E-state index in [1.807, 2.05) is 18.4 Å². The molecule has 0 fully saturated rings. The molecule has 1 aromatic rings. The molecule has 1 amide bonds. The smallest absolute Gasteiger partial charge is 0.325 e. The predicted molar refractivity (Wildman–Crippen MR) is 78.7 cm³/mol. The van der Waals surface area contributed by atoms with Gasteiger partial charge in [0.2, 0.25) is 5.91 Å². The lowest BCUT2D eigenvalue weighted by Crippen LogP contribution is -2.39. The summed E-state index contributed by atoms with van der Waals surface area (Å²) < 4.78 is 9.02. The summed E-state index contributed by atoms with van der Waals surface area (Å²) in [6, 6.07) is 1.94. The van der Waals surface area contributed by atoms with Gasteiger partial charge < -0.3 is 14.4 Å². The molecule has 1 aromatic heterocycles. The molecule has 0 aliphatic carbocycles. The summed E-state index contributed by atoms with van der Waals surface area (Å²) in [5.74, 6) is -1.67. The molecule has 0 aromatic carbocycles. The first-order valence-corrected chi connectivity index (χ1v) is 7.00. The molecule has 0 radical (unpaired) electrons. The van der Waals surface area contributed by atoms with Gasteiger partial charge in [0.1, 0.15) is 13.1 Å². The third-order valence-corrected chi connectivity index (χ3v) is 3.67. The van der Waals surface area contributed by atoms with Crippen LogP contribution in [0.1, 0.15) is 10.4 Å². The van der Waals surface area contributed by atoms with Crippen LogP contribution in [0, 0.1) is 6.92 Å². The molecule has 6 nitrogen and oxygen atoms in total. The van der Waals surface area contributed by atoms with E-state index in [2.05, 4.69) is 9.47 Å². The summed E-state index contributed by atoms with van der Waals surface area (Å²) in [7, 11) is 2.43. The van der Waals surface area contributed by atoms with E-state index < -0.39 is 17.8 Å². The number of rotatable bonds is 6. The van der Waals surface area contributed by atoms with Crippen LogP contribution in [0.2, 0.25) is 0 Å². The van der Waals surface area contributed by atoms with Crippen molar-refractivity contribution in [1.29, 1.82) is 0 Å². The first kappa shape index (κ1) is 16.9. The average Bonchev–Trinajstić information content (AvgIpc) is 2.88. The van der Waals surface area contributed by atoms with Gasteiger partial charge >= 0.3 is 11.9 Å². The molecule has 1 rings (SSSR count). The van der Waals surface area contributed by atoms with Crippen molar-refractivity contribution >= 4 is 35.3 Å². The van der Waals surface area contributed by atoms with E-state index in [9.17, 15) is 14.4 Å². The van der Waals surface area contributed by atoms with Gasteiger partial charge in [0.05, 0.1) is 14.2 Å². The quantitative estimate of drug-likeness (QED) is 0.584. The largest absolute Gasteiger partial charge is 0.468 e. The van der Waals surface area contributed by atoms with Crippen molar-refractivity contribution < 1.29 is 23.9 Å². The number of ether oxygens (including phenoxy) is 2. The Morgan fingerprint density at radius 2 is 1.76 bits per heavy atom. The number of hydrogen-bond acceptors (Lipinski definition) is 6. The zero-order valence-electron chi connectivity index (χ0n) is 12.1. The van der Waals surface area contributed by atoms with E-state index >= 15 is 0 Å². The number of thiophene rings is 1. The molecular formula is C14H17NO5S. The Bertz CT molecular complexity index is 531. The van der Waals surface area contributed by atoms with Crippen LogP contribution in [0.25, 0.3) is 6.08 Å². The van der Waals surface area contributed by atoms with E-state index in [1.54, 1.807) is 6.08 Å². The van der Waals surface area contributed by atoms with Crippen molar-refractivity contribution in [3.8, 4) is 0 Å². The van der Waals surface area contributed by atoms with Crippen molar-refractivity contribution in [2.45, 2.75) is 6.92 Å². The number of hydrogen-bond donors (Lipinski definition) is 0. The molecule has 0 aliphatic rings. The van der Waals surface area contributed by atoms with Gasteiger partial charge in [-0.15, -0.1) is 11.3 Å². The second-order valence-electron chi connectivity index (χ2n) is 4.15. The molecule has 0 N–H and O–H groups in total. The number of nitrogens with zero attached hydrogens (tertiary/aromatic N) is 1. The fourth-order valence-corrected chi connectivity index (χ4v) is 2.28. The van der Waals surface area contributed by atoms with Crippen LogP contribution < -0.4 is 0 Å². The van der Waals surface area contributed by atoms with Crippen molar-refractivity contribution in [2.75, 3.05) is 27.3 Å². The Kier molecular flexibility index (Phi) is 6.61. The van der Waals surface area contributed by atoms with Gasteiger partial charge in [-0.25, -0.2) is 0 Å². The summed E-state index contributed by atoms with van der Waals surface area (Å²) in [4.78, 5) is 36.7. The summed E-state index contributed by atoms with van der Waals surface area (Å²) in [5.41, 5.74) is 1.05. The predicted octanol–water partition coefficient (Wildman–Crippen LogP) is 1.24. The van der Waals surface area contributed by atoms with Crippen molar-refractivity contribution in [3.63, 3.8) is 0 Å². The van der Waals surface area contributed by atoms with Crippen LogP contribution in [-0.2, 0) is 23.9 Å². The van der Waals surface area contributed by atoms with E-state index in [1.165, 1.54) is 31.6 Å². The van der Waals surface area contributed by atoms with Crippen molar-refractivity contribution in [2.24, 2.45) is 0 Å². The molecule has 114 valence electrons. The van der Waals surface area contributed by atoms with E-state index in [4.69, 9.17) is 0 Å². The minimum absolute atomic E-state index is 0.307. The molecule has 0 atom stereocenters. The summed E-state index contributed by atoms with van der Waals surface area (Å²) in [6.07, 6.45) is 2.98. The lowest BCUT2D eigenvalue weighted by Gasteiger charge is -2.18. The summed E-state index contributed by atoms with van der Waals surface area (Å²) in [5, 5.41) is 1.92. The average molecular weight is 311 g/mol. The molecule has 0 saturated carbocycles. The molecule has 21 heavy (non-hydrogen) atoms. The molecule has 0 unspecified atom stereocenters. The van der Waals surface area contributed by atoms with Crippen LogP contribution in [0.4, 0.5) is 0 Å². The fraction of sp³-hybridized carbons (Fsp3) is 0.357.